The van der Waals surface area contributed by atoms with Crippen molar-refractivity contribution in [2.24, 2.45) is 0 Å². The van der Waals surface area contributed by atoms with Gasteiger partial charge < -0.3 is 4.57 Å². The molecule has 1 heterocycles. The van der Waals surface area contributed by atoms with Crippen LogP contribution in [0.2, 0.25) is 0 Å². The number of nitrogens with zero attached hydrogens (tertiary/aromatic N) is 1. The lowest BCUT2D eigenvalue weighted by molar-refractivity contribution is 0.995. The molecule has 3 aromatic carbocycles. The summed E-state index contributed by atoms with van der Waals surface area (Å²) in [4.78, 5) is 0. The predicted octanol–water partition coefficient (Wildman–Crippen LogP) is 8.70. The quantitative estimate of drug-likeness (QED) is 0.290. The van der Waals surface area contributed by atoms with Crippen molar-refractivity contribution >= 4 is 12.2 Å². The zero-order chi connectivity index (χ0) is 23.2. The van der Waals surface area contributed by atoms with Crippen molar-refractivity contribution in [2.45, 2.75) is 48.5 Å². The summed E-state index contributed by atoms with van der Waals surface area (Å²) < 4.78 is 3.09. The Labute approximate surface area is 197 Å². The van der Waals surface area contributed by atoms with Crippen LogP contribution >= 0.6 is 12.2 Å². The van der Waals surface area contributed by atoms with Gasteiger partial charge in [-0.2, -0.15) is 0 Å². The van der Waals surface area contributed by atoms with E-state index in [0.29, 0.717) is 0 Å². The van der Waals surface area contributed by atoms with Crippen molar-refractivity contribution in [3.8, 4) is 27.9 Å². The molecular formula is C30H31NS. The maximum atomic E-state index is 6.17. The normalized spacial score (nSPS) is 11.1. The average Bonchev–Trinajstić information content (AvgIpc) is 2.69. The van der Waals surface area contributed by atoms with Gasteiger partial charge in [0.1, 0.15) is 4.64 Å². The minimum Gasteiger partial charge on any atom is -0.306 e. The Balaban J connectivity index is 2.16. The van der Waals surface area contributed by atoms with Gasteiger partial charge in [-0.3, -0.25) is 0 Å². The Morgan fingerprint density at radius 1 is 0.594 bits per heavy atom. The molecule has 0 unspecified atom stereocenters. The van der Waals surface area contributed by atoms with E-state index in [0.717, 1.165) is 10.2 Å². The summed E-state index contributed by atoms with van der Waals surface area (Å²) in [5.41, 5.74) is 14.8. The highest BCUT2D eigenvalue weighted by Gasteiger charge is 2.16. The van der Waals surface area contributed by atoms with Gasteiger partial charge in [0.15, 0.2) is 0 Å². The van der Waals surface area contributed by atoms with E-state index in [-0.39, 0.29) is 0 Å². The summed E-state index contributed by atoms with van der Waals surface area (Å²) in [6, 6.07) is 19.8. The smallest absolute Gasteiger partial charge is 0.118 e. The molecule has 0 spiro atoms. The predicted molar refractivity (Wildman–Crippen MR) is 141 cm³/mol. The van der Waals surface area contributed by atoms with Gasteiger partial charge in [0.05, 0.1) is 5.69 Å². The molecular weight excluding hydrogens is 406 g/mol. The van der Waals surface area contributed by atoms with Crippen molar-refractivity contribution in [2.75, 3.05) is 0 Å². The fraction of sp³-hybridized carbons (Fsp3) is 0.233. The molecule has 0 N–H and O–H groups in total. The molecule has 0 atom stereocenters. The minimum absolute atomic E-state index is 0.854. The zero-order valence-electron chi connectivity index (χ0n) is 20.1. The van der Waals surface area contributed by atoms with Crippen molar-refractivity contribution in [3.63, 3.8) is 0 Å². The molecule has 1 aromatic heterocycles. The fourth-order valence-electron chi connectivity index (χ4n) is 5.13. The van der Waals surface area contributed by atoms with E-state index in [9.17, 15) is 0 Å². The first-order valence-corrected chi connectivity index (χ1v) is 11.6. The second kappa shape index (κ2) is 8.52. The van der Waals surface area contributed by atoms with Crippen LogP contribution in [0.3, 0.4) is 0 Å². The second-order valence-electron chi connectivity index (χ2n) is 9.10. The van der Waals surface area contributed by atoms with E-state index >= 15 is 0 Å². The van der Waals surface area contributed by atoms with E-state index in [1.807, 2.05) is 0 Å². The molecule has 162 valence electrons. The Hall–Kier alpha value is -2.97. The van der Waals surface area contributed by atoms with Gasteiger partial charge in [-0.05, 0) is 105 Å². The molecule has 0 aliphatic rings. The Bertz CT molecular complexity index is 1340. The number of hydrogen-bond acceptors (Lipinski definition) is 1. The highest BCUT2D eigenvalue weighted by Crippen LogP contribution is 2.36. The van der Waals surface area contributed by atoms with Crippen molar-refractivity contribution in [1.82, 2.24) is 4.57 Å². The minimum atomic E-state index is 0.854. The van der Waals surface area contributed by atoms with Crippen LogP contribution in [-0.4, -0.2) is 4.57 Å². The molecule has 0 radical (unpaired) electrons. The molecule has 0 amide bonds. The van der Waals surface area contributed by atoms with Crippen LogP contribution in [0.1, 0.15) is 38.9 Å². The fourth-order valence-corrected chi connectivity index (χ4v) is 5.43. The molecule has 1 nitrogen and oxygen atoms in total. The van der Waals surface area contributed by atoms with Gasteiger partial charge in [-0.15, -0.1) is 0 Å². The van der Waals surface area contributed by atoms with Crippen LogP contribution in [0.5, 0.6) is 0 Å². The summed E-state index contributed by atoms with van der Waals surface area (Å²) in [6.45, 7) is 15.2. The summed E-state index contributed by atoms with van der Waals surface area (Å²) >= 11 is 6.17. The third-order valence-electron chi connectivity index (χ3n) is 6.41. The van der Waals surface area contributed by atoms with Gasteiger partial charge in [-0.1, -0.05) is 66.3 Å². The lowest BCUT2D eigenvalue weighted by atomic mass is 9.92. The van der Waals surface area contributed by atoms with Crippen molar-refractivity contribution in [3.05, 3.63) is 104 Å². The molecule has 0 aliphatic carbocycles. The largest absolute Gasteiger partial charge is 0.306 e. The summed E-state index contributed by atoms with van der Waals surface area (Å²) in [5.74, 6) is 0. The lowest BCUT2D eigenvalue weighted by Gasteiger charge is -2.21. The number of pyridine rings is 1. The van der Waals surface area contributed by atoms with Crippen LogP contribution in [0.25, 0.3) is 27.9 Å². The molecule has 2 heteroatoms. The number of hydrogen-bond donors (Lipinski definition) is 0. The Morgan fingerprint density at radius 2 is 1.06 bits per heavy atom. The van der Waals surface area contributed by atoms with Gasteiger partial charge >= 0.3 is 0 Å². The second-order valence-corrected chi connectivity index (χ2v) is 9.49. The molecule has 4 aromatic rings. The Kier molecular flexibility index (Phi) is 5.92. The van der Waals surface area contributed by atoms with Crippen molar-refractivity contribution < 1.29 is 0 Å². The zero-order valence-corrected chi connectivity index (χ0v) is 20.9. The first kappa shape index (κ1) is 22.2. The highest BCUT2D eigenvalue weighted by molar-refractivity contribution is 7.71. The highest BCUT2D eigenvalue weighted by atomic mass is 32.1. The summed E-state index contributed by atoms with van der Waals surface area (Å²) in [6.07, 6.45) is 2.24. The molecule has 0 saturated carbocycles. The molecule has 32 heavy (non-hydrogen) atoms. The number of rotatable bonds is 3. The van der Waals surface area contributed by atoms with Crippen molar-refractivity contribution in [1.29, 1.82) is 0 Å². The average molecular weight is 438 g/mol. The first-order chi connectivity index (χ1) is 15.2. The lowest BCUT2D eigenvalue weighted by Crippen LogP contribution is -2.06. The summed E-state index contributed by atoms with van der Waals surface area (Å²) in [5, 5.41) is 0. The van der Waals surface area contributed by atoms with Gasteiger partial charge in [0, 0.05) is 11.8 Å². The standard InChI is InChI=1S/C30H31NS/c1-18-14-23(6)29(24(7)15-18)31-17-25(27-19(2)10-8-11-20(27)3)16-26(30(31)32)28-21(4)12-9-13-22(28)5/h8-17H,1-7H3. The molecule has 0 fully saturated rings. The van der Waals surface area contributed by atoms with Gasteiger partial charge in [0.25, 0.3) is 0 Å². The molecule has 4 rings (SSSR count). The maximum absolute atomic E-state index is 6.17. The number of aryl methyl sites for hydroxylation is 7. The maximum Gasteiger partial charge on any atom is 0.118 e. The summed E-state index contributed by atoms with van der Waals surface area (Å²) in [7, 11) is 0. The Morgan fingerprint density at radius 3 is 1.56 bits per heavy atom. The monoisotopic (exact) mass is 437 g/mol. The van der Waals surface area contributed by atoms with E-state index in [4.69, 9.17) is 12.2 Å². The SMILES string of the molecule is Cc1cc(C)c(-n2cc(-c3c(C)cccc3C)cc(-c3c(C)cccc3C)c2=S)c(C)c1. The first-order valence-electron chi connectivity index (χ1n) is 11.2. The van der Waals surface area contributed by atoms with Crippen LogP contribution < -0.4 is 0 Å². The van der Waals surface area contributed by atoms with E-state index < -0.39 is 0 Å². The van der Waals surface area contributed by atoms with Crippen LogP contribution in [0.4, 0.5) is 0 Å². The molecule has 0 bridgehead atoms. The van der Waals surface area contributed by atoms with Gasteiger partial charge in [0.2, 0.25) is 0 Å². The van der Waals surface area contributed by atoms with Gasteiger partial charge in [-0.25, -0.2) is 0 Å². The molecule has 0 saturated heterocycles. The van der Waals surface area contributed by atoms with Crippen LogP contribution in [0, 0.1) is 53.1 Å². The number of benzene rings is 3. The third kappa shape index (κ3) is 3.84. The third-order valence-corrected chi connectivity index (χ3v) is 6.83. The number of aromatic nitrogens is 1. The van der Waals surface area contributed by atoms with Crippen LogP contribution in [0.15, 0.2) is 60.8 Å². The van der Waals surface area contributed by atoms with E-state index in [2.05, 4.69) is 114 Å². The molecule has 0 aliphatic heterocycles. The topological polar surface area (TPSA) is 4.93 Å². The van der Waals surface area contributed by atoms with E-state index in [1.165, 1.54) is 61.3 Å². The van der Waals surface area contributed by atoms with E-state index in [1.54, 1.807) is 0 Å². The van der Waals surface area contributed by atoms with Crippen LogP contribution in [-0.2, 0) is 0 Å².